The number of hydrogen-bond acceptors (Lipinski definition) is 13. The van der Waals surface area contributed by atoms with Crippen molar-refractivity contribution in [3.8, 4) is 23.0 Å². The molecule has 0 atom stereocenters. The van der Waals surface area contributed by atoms with Gasteiger partial charge in [0.05, 0.1) is 11.0 Å². The summed E-state index contributed by atoms with van der Waals surface area (Å²) in [4.78, 5) is 53.2. The number of carbonyl (C=O) groups is 1. The molecule has 2 saturated heterocycles. The summed E-state index contributed by atoms with van der Waals surface area (Å²) in [5.74, 6) is 3.13. The molecule has 6 aromatic rings. The van der Waals surface area contributed by atoms with E-state index < -0.39 is 5.60 Å². The van der Waals surface area contributed by atoms with Gasteiger partial charge in [0.15, 0.2) is 23.0 Å². The van der Waals surface area contributed by atoms with Crippen LogP contribution in [0.4, 0.5) is 4.79 Å². The maximum Gasteiger partial charge on any atom is 0.410 e. The highest BCUT2D eigenvalue weighted by Gasteiger charge is 2.32. The molecule has 16 nitrogen and oxygen atoms in total. The minimum atomic E-state index is -0.579. The van der Waals surface area contributed by atoms with Crippen LogP contribution >= 0.6 is 0 Å². The Hall–Kier alpha value is -6.49. The molecule has 0 radical (unpaired) electrons. The quantitative estimate of drug-likeness (QED) is 0.142. The third-order valence-electron chi connectivity index (χ3n) is 13.2. The van der Waals surface area contributed by atoms with Crippen molar-refractivity contribution < 1.29 is 28.5 Å². The summed E-state index contributed by atoms with van der Waals surface area (Å²) in [6.45, 7) is 16.0. The molecule has 16 heteroatoms. The van der Waals surface area contributed by atoms with Crippen LogP contribution in [0.5, 0.6) is 23.0 Å². The summed E-state index contributed by atoms with van der Waals surface area (Å²) >= 11 is 0. The number of nitrogens with zero attached hydrogens (tertiary/aromatic N) is 7. The predicted octanol–water partition coefficient (Wildman–Crippen LogP) is 6.49. The number of ether oxygens (including phenoxy) is 5. The summed E-state index contributed by atoms with van der Waals surface area (Å²) in [6, 6.07) is 23.3. The number of fused-ring (bicyclic) bond motifs is 4. The molecule has 69 heavy (non-hydrogen) atoms. The van der Waals surface area contributed by atoms with Crippen molar-refractivity contribution in [2.24, 2.45) is 0 Å². The zero-order chi connectivity index (χ0) is 47.7. The summed E-state index contributed by atoms with van der Waals surface area (Å²) in [5.41, 5.74) is 3.52. The van der Waals surface area contributed by atoms with Gasteiger partial charge >= 0.3 is 6.09 Å². The van der Waals surface area contributed by atoms with Gasteiger partial charge in [0, 0.05) is 112 Å². The number of nitrogens with one attached hydrogen (secondary N) is 1. The smallest absolute Gasteiger partial charge is 0.410 e. The van der Waals surface area contributed by atoms with Crippen molar-refractivity contribution in [1.29, 1.82) is 0 Å². The normalized spacial score (nSPS) is 16.7. The Labute approximate surface area is 402 Å². The summed E-state index contributed by atoms with van der Waals surface area (Å²) in [7, 11) is 0. The van der Waals surface area contributed by atoms with Gasteiger partial charge in [0.1, 0.15) is 32.0 Å². The third kappa shape index (κ3) is 12.2. The Bertz CT molecular complexity index is 2830. The third-order valence-corrected chi connectivity index (χ3v) is 13.2. The lowest BCUT2D eigenvalue weighted by atomic mass is 10.0. The Kier molecular flexibility index (Phi) is 15.1. The van der Waals surface area contributed by atoms with E-state index in [1.54, 1.807) is 30.7 Å². The molecule has 364 valence electrons. The monoisotopic (exact) mass is 940 g/mol. The van der Waals surface area contributed by atoms with Gasteiger partial charge in [-0.15, -0.1) is 0 Å². The fourth-order valence-corrected chi connectivity index (χ4v) is 9.55. The van der Waals surface area contributed by atoms with Crippen LogP contribution in [0.2, 0.25) is 0 Å². The molecule has 10 rings (SSSR count). The molecule has 4 aliphatic rings. The number of likely N-dealkylation sites (tertiary alicyclic amines) is 2. The molecule has 2 fully saturated rings. The second kappa shape index (κ2) is 21.9. The highest BCUT2D eigenvalue weighted by molar-refractivity contribution is 5.78. The first-order chi connectivity index (χ1) is 33.5. The Morgan fingerprint density at radius 1 is 0.638 bits per heavy atom. The van der Waals surface area contributed by atoms with Gasteiger partial charge in [0.25, 0.3) is 11.1 Å². The first kappa shape index (κ1) is 47.6. The molecule has 1 N–H and O–H groups in total. The minimum Gasteiger partial charge on any atom is -0.486 e. The molecular formula is C53H64N8O8. The fourth-order valence-electron chi connectivity index (χ4n) is 9.55. The van der Waals surface area contributed by atoms with Gasteiger partial charge in [-0.05, 0) is 119 Å². The molecule has 4 aliphatic heterocycles. The van der Waals surface area contributed by atoms with Crippen molar-refractivity contribution in [2.45, 2.75) is 90.3 Å². The maximum atomic E-state index is 13.3. The molecule has 0 saturated carbocycles. The van der Waals surface area contributed by atoms with Crippen molar-refractivity contribution in [3.63, 3.8) is 0 Å². The number of aromatic nitrogens is 4. The van der Waals surface area contributed by atoms with Crippen LogP contribution in [0.25, 0.3) is 21.8 Å². The van der Waals surface area contributed by atoms with E-state index in [0.29, 0.717) is 57.9 Å². The molecule has 0 bridgehead atoms. The second-order valence-electron chi connectivity index (χ2n) is 19.1. The van der Waals surface area contributed by atoms with Crippen molar-refractivity contribution >= 4 is 27.9 Å². The minimum absolute atomic E-state index is 0.00545. The van der Waals surface area contributed by atoms with E-state index in [9.17, 15) is 14.4 Å². The molecular weight excluding hydrogens is 877 g/mol. The molecule has 4 aromatic heterocycles. The first-order valence-corrected chi connectivity index (χ1v) is 24.3. The second-order valence-corrected chi connectivity index (χ2v) is 19.1. The lowest BCUT2D eigenvalue weighted by molar-refractivity contribution is 0.00562. The average molecular weight is 941 g/mol. The van der Waals surface area contributed by atoms with E-state index in [0.717, 1.165) is 116 Å². The van der Waals surface area contributed by atoms with Crippen molar-refractivity contribution in [2.75, 3.05) is 65.7 Å². The van der Waals surface area contributed by atoms with E-state index in [-0.39, 0.29) is 23.3 Å². The van der Waals surface area contributed by atoms with Crippen molar-refractivity contribution in [1.82, 2.24) is 39.1 Å². The van der Waals surface area contributed by atoms with E-state index in [1.165, 1.54) is 5.56 Å². The zero-order valence-corrected chi connectivity index (χ0v) is 40.0. The van der Waals surface area contributed by atoms with Gasteiger partial charge in [0.2, 0.25) is 0 Å². The largest absolute Gasteiger partial charge is 0.486 e. The van der Waals surface area contributed by atoms with Gasteiger partial charge in [-0.1, -0.05) is 12.1 Å². The number of benzene rings is 2. The Morgan fingerprint density at radius 2 is 1.13 bits per heavy atom. The maximum absolute atomic E-state index is 13.3. The SMILES string of the molecule is CC(C)(C)OC(=O)N(Cc1ccc2c(c1)OCCO2)C1CCN(CCn2c(=O)ccc3cnccc32)CC1.O=c1ccc2cnccc2n1CCN1CCC(NCc2ccc3c(c2)OCCO3)CC1. The van der Waals surface area contributed by atoms with Crippen LogP contribution in [0.15, 0.2) is 107 Å². The van der Waals surface area contributed by atoms with Crippen molar-refractivity contribution in [3.05, 3.63) is 129 Å². The summed E-state index contributed by atoms with van der Waals surface area (Å²) in [5, 5.41) is 5.65. The number of hydrogen-bond donors (Lipinski definition) is 1. The van der Waals surface area contributed by atoms with Crippen LogP contribution in [0, 0.1) is 0 Å². The summed E-state index contributed by atoms with van der Waals surface area (Å²) < 4.78 is 32.2. The van der Waals surface area contributed by atoms with Crippen LogP contribution in [-0.2, 0) is 30.9 Å². The van der Waals surface area contributed by atoms with E-state index in [4.69, 9.17) is 23.7 Å². The van der Waals surface area contributed by atoms with Crippen LogP contribution in [0.1, 0.15) is 57.6 Å². The first-order valence-electron chi connectivity index (χ1n) is 24.3. The van der Waals surface area contributed by atoms with Gasteiger partial charge < -0.3 is 52.8 Å². The molecule has 8 heterocycles. The number of piperidine rings is 2. The Morgan fingerprint density at radius 3 is 1.67 bits per heavy atom. The number of carbonyl (C=O) groups excluding carboxylic acids is 1. The molecule has 1 amide bonds. The van der Waals surface area contributed by atoms with Crippen LogP contribution in [0.3, 0.4) is 0 Å². The molecule has 0 spiro atoms. The zero-order valence-electron chi connectivity index (χ0n) is 40.0. The standard InChI is InChI=1S/C29H36N4O5.C24H28N4O3/c1-29(2,3)38-28(35)33(20-21-4-6-25-26(18-21)37-17-16-36-25)23-9-12-31(13-10-23)14-15-32-24-8-11-30-19-22(24)5-7-27(32)34;29-24-4-2-19-17-25-8-5-21(19)28(24)12-11-27-9-6-20(7-10-27)26-16-18-1-3-22-23(15-18)31-14-13-30-22/h4-8,11,18-19,23H,9-10,12-17,20H2,1-3H3;1-5,8,15,17,20,26H,6-7,9-14,16H2. The van der Waals surface area contributed by atoms with Crippen LogP contribution in [-0.4, -0.2) is 123 Å². The van der Waals surface area contributed by atoms with E-state index in [1.807, 2.05) is 89.5 Å². The average Bonchev–Trinajstić information content (AvgIpc) is 3.37. The molecule has 2 aromatic carbocycles. The van der Waals surface area contributed by atoms with E-state index in [2.05, 4.69) is 37.2 Å². The Balaban J connectivity index is 0.000000175. The van der Waals surface area contributed by atoms with Gasteiger partial charge in [-0.3, -0.25) is 19.6 Å². The number of amides is 1. The number of rotatable bonds is 12. The topological polar surface area (TPSA) is 155 Å². The fraction of sp³-hybridized carbons (Fsp3) is 0.453. The number of pyridine rings is 4. The predicted molar refractivity (Wildman–Crippen MR) is 264 cm³/mol. The highest BCUT2D eigenvalue weighted by atomic mass is 16.6. The van der Waals surface area contributed by atoms with Gasteiger partial charge in [-0.25, -0.2) is 4.79 Å². The molecule has 0 unspecified atom stereocenters. The highest BCUT2D eigenvalue weighted by Crippen LogP contribution is 2.33. The van der Waals surface area contributed by atoms with E-state index >= 15 is 0 Å². The van der Waals surface area contributed by atoms with Gasteiger partial charge in [-0.2, -0.15) is 0 Å². The van der Waals surface area contributed by atoms with Crippen LogP contribution < -0.4 is 35.4 Å². The molecule has 0 aliphatic carbocycles. The summed E-state index contributed by atoms with van der Waals surface area (Å²) in [6.07, 6.45) is 10.6. The lowest BCUT2D eigenvalue weighted by Gasteiger charge is -2.39. The lowest BCUT2D eigenvalue weighted by Crippen LogP contribution is -2.49.